The van der Waals surface area contributed by atoms with Crippen LogP contribution in [0, 0.1) is 0 Å². The fourth-order valence-electron chi connectivity index (χ4n) is 2.02. The van der Waals surface area contributed by atoms with Crippen LogP contribution >= 0.6 is 0 Å². The Morgan fingerprint density at radius 3 is 2.86 bits per heavy atom. The van der Waals surface area contributed by atoms with Crippen LogP contribution in [0.5, 0.6) is 0 Å². The molecule has 1 aromatic heterocycles. The topological polar surface area (TPSA) is 38.0 Å². The van der Waals surface area contributed by atoms with E-state index in [4.69, 9.17) is 0 Å². The van der Waals surface area contributed by atoms with Crippen molar-refractivity contribution in [3.8, 4) is 0 Å². The quantitative estimate of drug-likeness (QED) is 0.679. The van der Waals surface area contributed by atoms with Gasteiger partial charge in [0.2, 0.25) is 0 Å². The van der Waals surface area contributed by atoms with Gasteiger partial charge in [0.05, 0.1) is 6.10 Å². The van der Waals surface area contributed by atoms with Crippen LogP contribution in [0.4, 0.5) is 0 Å². The molecular weight excluding hydrogens is 176 g/mol. The molecule has 0 aliphatic carbocycles. The van der Waals surface area contributed by atoms with Gasteiger partial charge in [0.15, 0.2) is 0 Å². The predicted molar refractivity (Wildman–Crippen MR) is 55.3 cm³/mol. The molecule has 1 aromatic rings. The molecule has 0 radical (unpaired) electrons. The van der Waals surface area contributed by atoms with E-state index in [0.29, 0.717) is 6.42 Å². The maximum atomic E-state index is 9.51. The molecule has 0 saturated carbocycles. The molecule has 1 aliphatic rings. The number of fused-ring (bicyclic) bond motifs is 1. The van der Waals surface area contributed by atoms with Gasteiger partial charge in [-0.2, -0.15) is 0 Å². The van der Waals surface area contributed by atoms with Gasteiger partial charge in [-0.25, -0.2) is 4.98 Å². The van der Waals surface area contributed by atoms with Gasteiger partial charge in [-0.05, 0) is 6.42 Å². The van der Waals surface area contributed by atoms with Crippen molar-refractivity contribution in [3.63, 3.8) is 0 Å². The summed E-state index contributed by atoms with van der Waals surface area (Å²) in [6, 6.07) is 0. The average Bonchev–Trinajstić information content (AvgIpc) is 2.45. The SMILES string of the molecule is CC(C)(C)c1cnc2n1CCC(O)C2. The summed E-state index contributed by atoms with van der Waals surface area (Å²) < 4.78 is 2.26. The highest BCUT2D eigenvalue weighted by atomic mass is 16.3. The van der Waals surface area contributed by atoms with Gasteiger partial charge in [0.25, 0.3) is 0 Å². The minimum atomic E-state index is -0.197. The first-order valence-corrected chi connectivity index (χ1v) is 5.21. The third-order valence-corrected chi connectivity index (χ3v) is 2.81. The largest absolute Gasteiger partial charge is 0.393 e. The van der Waals surface area contributed by atoms with Crippen molar-refractivity contribution in [1.29, 1.82) is 0 Å². The number of rotatable bonds is 0. The van der Waals surface area contributed by atoms with E-state index < -0.39 is 0 Å². The van der Waals surface area contributed by atoms with Crippen molar-refractivity contribution < 1.29 is 5.11 Å². The second-order valence-electron chi connectivity index (χ2n) is 5.11. The van der Waals surface area contributed by atoms with Crippen molar-refractivity contribution in [2.45, 2.75) is 51.7 Å². The first-order valence-electron chi connectivity index (χ1n) is 5.21. The Bertz CT molecular complexity index is 336. The first kappa shape index (κ1) is 9.71. The maximum absolute atomic E-state index is 9.51. The summed E-state index contributed by atoms with van der Waals surface area (Å²) in [6.07, 6.45) is 3.31. The molecule has 78 valence electrons. The molecule has 0 bridgehead atoms. The van der Waals surface area contributed by atoms with Gasteiger partial charge in [-0.1, -0.05) is 20.8 Å². The van der Waals surface area contributed by atoms with Crippen LogP contribution in [0.2, 0.25) is 0 Å². The molecule has 1 unspecified atom stereocenters. The number of aliphatic hydroxyl groups is 1. The van der Waals surface area contributed by atoms with E-state index in [1.807, 2.05) is 6.20 Å². The maximum Gasteiger partial charge on any atom is 0.111 e. The smallest absolute Gasteiger partial charge is 0.111 e. The third-order valence-electron chi connectivity index (χ3n) is 2.81. The van der Waals surface area contributed by atoms with Gasteiger partial charge in [-0.3, -0.25) is 0 Å². The number of aliphatic hydroxyl groups excluding tert-OH is 1. The molecule has 2 heterocycles. The van der Waals surface area contributed by atoms with Crippen molar-refractivity contribution in [3.05, 3.63) is 17.7 Å². The standard InChI is InChI=1S/C11H18N2O/c1-11(2,3)9-7-12-10-6-8(14)4-5-13(9)10/h7-8,14H,4-6H2,1-3H3. The van der Waals surface area contributed by atoms with Gasteiger partial charge >= 0.3 is 0 Å². The molecule has 0 spiro atoms. The zero-order valence-corrected chi connectivity index (χ0v) is 9.12. The van der Waals surface area contributed by atoms with Crippen LogP contribution in [0.1, 0.15) is 38.7 Å². The Labute approximate surface area is 84.8 Å². The number of imidazole rings is 1. The highest BCUT2D eigenvalue weighted by Gasteiger charge is 2.25. The molecule has 0 saturated heterocycles. The van der Waals surface area contributed by atoms with E-state index in [9.17, 15) is 5.11 Å². The summed E-state index contributed by atoms with van der Waals surface area (Å²) in [6.45, 7) is 7.50. The Balaban J connectivity index is 2.38. The van der Waals surface area contributed by atoms with Crippen molar-refractivity contribution in [2.75, 3.05) is 0 Å². The summed E-state index contributed by atoms with van der Waals surface area (Å²) in [4.78, 5) is 4.38. The fourth-order valence-corrected chi connectivity index (χ4v) is 2.02. The monoisotopic (exact) mass is 194 g/mol. The van der Waals surface area contributed by atoms with Gasteiger partial charge in [0, 0.05) is 30.3 Å². The predicted octanol–water partition coefficient (Wildman–Crippen LogP) is 1.49. The summed E-state index contributed by atoms with van der Waals surface area (Å²) in [5.74, 6) is 1.04. The lowest BCUT2D eigenvalue weighted by Gasteiger charge is -2.26. The summed E-state index contributed by atoms with van der Waals surface area (Å²) >= 11 is 0. The zero-order chi connectivity index (χ0) is 10.3. The second kappa shape index (κ2) is 3.09. The van der Waals surface area contributed by atoms with Gasteiger partial charge in [0.1, 0.15) is 5.82 Å². The van der Waals surface area contributed by atoms with Crippen LogP contribution in [-0.2, 0) is 18.4 Å². The van der Waals surface area contributed by atoms with Crippen LogP contribution in [0.15, 0.2) is 6.20 Å². The van der Waals surface area contributed by atoms with Crippen LogP contribution in [0.25, 0.3) is 0 Å². The van der Waals surface area contributed by atoms with Gasteiger partial charge in [-0.15, -0.1) is 0 Å². The molecule has 1 N–H and O–H groups in total. The van der Waals surface area contributed by atoms with Crippen LogP contribution in [0.3, 0.4) is 0 Å². The summed E-state index contributed by atoms with van der Waals surface area (Å²) in [5, 5.41) is 9.51. The van der Waals surface area contributed by atoms with E-state index in [1.165, 1.54) is 5.69 Å². The van der Waals surface area contributed by atoms with Crippen molar-refractivity contribution >= 4 is 0 Å². The van der Waals surface area contributed by atoms with Crippen molar-refractivity contribution in [2.24, 2.45) is 0 Å². The molecule has 2 rings (SSSR count). The number of hydrogen-bond acceptors (Lipinski definition) is 2. The number of nitrogens with zero attached hydrogens (tertiary/aromatic N) is 2. The minimum absolute atomic E-state index is 0.146. The highest BCUT2D eigenvalue weighted by Crippen LogP contribution is 2.26. The molecule has 14 heavy (non-hydrogen) atoms. The highest BCUT2D eigenvalue weighted by molar-refractivity contribution is 5.16. The third kappa shape index (κ3) is 1.57. The molecule has 0 aromatic carbocycles. The molecular formula is C11H18N2O. The molecule has 1 aliphatic heterocycles. The first-order chi connectivity index (χ1) is 6.48. The van der Waals surface area contributed by atoms with E-state index in [2.05, 4.69) is 30.3 Å². The molecule has 1 atom stereocenters. The summed E-state index contributed by atoms with van der Waals surface area (Å²) in [5.41, 5.74) is 1.42. The lowest BCUT2D eigenvalue weighted by molar-refractivity contribution is 0.140. The van der Waals surface area contributed by atoms with Crippen LogP contribution < -0.4 is 0 Å². The minimum Gasteiger partial charge on any atom is -0.393 e. The number of aromatic nitrogens is 2. The Morgan fingerprint density at radius 2 is 2.21 bits per heavy atom. The molecule has 3 nitrogen and oxygen atoms in total. The molecule has 0 amide bonds. The lowest BCUT2D eigenvalue weighted by atomic mass is 9.92. The average molecular weight is 194 g/mol. The Morgan fingerprint density at radius 1 is 1.50 bits per heavy atom. The van der Waals surface area contributed by atoms with E-state index in [1.54, 1.807) is 0 Å². The fraction of sp³-hybridized carbons (Fsp3) is 0.727. The Kier molecular flexibility index (Phi) is 2.14. The van der Waals surface area contributed by atoms with E-state index >= 15 is 0 Å². The van der Waals surface area contributed by atoms with E-state index in [-0.39, 0.29) is 11.5 Å². The summed E-state index contributed by atoms with van der Waals surface area (Å²) in [7, 11) is 0. The van der Waals surface area contributed by atoms with Gasteiger partial charge < -0.3 is 9.67 Å². The lowest BCUT2D eigenvalue weighted by Crippen LogP contribution is -2.27. The van der Waals surface area contributed by atoms with Crippen LogP contribution in [-0.4, -0.2) is 20.8 Å². The second-order valence-corrected chi connectivity index (χ2v) is 5.11. The normalized spacial score (nSPS) is 22.1. The molecule has 3 heteroatoms. The van der Waals surface area contributed by atoms with E-state index in [0.717, 1.165) is 18.8 Å². The Hall–Kier alpha value is -0.830. The number of hydrogen-bond donors (Lipinski definition) is 1. The van der Waals surface area contributed by atoms with Crippen molar-refractivity contribution in [1.82, 2.24) is 9.55 Å². The molecule has 0 fully saturated rings. The zero-order valence-electron chi connectivity index (χ0n) is 9.12.